The molecule has 0 aromatic heterocycles. The van der Waals surface area contributed by atoms with E-state index in [-0.39, 0.29) is 123 Å². The number of carboxylic acid groups (broad SMARTS) is 2. The van der Waals surface area contributed by atoms with E-state index in [1.807, 2.05) is 73.3 Å². The Morgan fingerprint density at radius 2 is 0.946 bits per heavy atom. The van der Waals surface area contributed by atoms with Gasteiger partial charge in [-0.2, -0.15) is 34.4 Å². The van der Waals surface area contributed by atoms with Gasteiger partial charge in [0, 0.05) is 99.6 Å². The quantitative estimate of drug-likeness (QED) is 0.00616. The summed E-state index contributed by atoms with van der Waals surface area (Å²) in [6.07, 6.45) is 2.11. The minimum absolute atomic E-state index is 0. The second-order valence-electron chi connectivity index (χ2n) is 41.4. The average Bonchev–Trinajstić information content (AvgIpc) is 0.810. The SMILES string of the molecule is C.C.CCCN(C)c1cc(B(O)O)cc(C(=O)O)c1.COc1c(CN2O[C@@H](CO)[C@@H]([C@H](C)O)[C@H]2C(=O)N[C@H]2C[C@H]3C[C@@H]([C@@H]2C)C3(C)C)cccc1-c1cc(C(=O)O)cc(N(C)CCO[Si](C)(C)C(C)(C)C)c1.COc1c(I)cccc1CN1O[C@@H](CO)[C@@H]([C@H](C)O)[C@H]1C(=O)N[C@H]1C[C@H]2C[C@@H]([C@@H]1C)C2(C)C.ClC(Cl)(Cl)Cl.[Fe+2].[Pd].c1ccc([PH+](c2ccccc2)c2ccc[cH-]2)cc1.c1ccc([PH+](c2ccccc2)c2ccc[cH-]2)cc1. The Balaban J connectivity index is 0.000000265. The van der Waals surface area contributed by atoms with Crippen LogP contribution in [-0.4, -0.2) is 203 Å². The number of anilines is 2. The molecule has 10 N–H and O–H groups in total. The third-order valence-electron chi connectivity index (χ3n) is 30.6. The number of fused-ring (bicyclic) bond motifs is 4. The molecule has 0 unspecified atom stereocenters. The number of hydroxylamine groups is 4. The molecule has 2 saturated heterocycles. The zero-order chi connectivity index (χ0) is 105. The molecule has 148 heavy (non-hydrogen) atoms. The van der Waals surface area contributed by atoms with Crippen molar-refractivity contribution in [3.8, 4) is 22.6 Å². The van der Waals surface area contributed by atoms with Gasteiger partial charge in [-0.05, 0) is 246 Å². The number of carbonyl (C=O) groups is 4. The largest absolute Gasteiger partial charge is 2.00 e. The number of aliphatic hydroxyl groups is 4. The van der Waals surface area contributed by atoms with Crippen LogP contribution >= 0.6 is 84.8 Å². The van der Waals surface area contributed by atoms with E-state index in [1.165, 1.54) is 56.8 Å². The number of methoxy groups -OCH3 is 2. The van der Waals surface area contributed by atoms with Crippen molar-refractivity contribution in [3.05, 3.63) is 268 Å². The number of hydrogen-bond donors (Lipinski definition) is 10. The summed E-state index contributed by atoms with van der Waals surface area (Å²) < 4.78 is 17.4. The first-order valence-corrected chi connectivity index (χ1v) is 58.0. The minimum Gasteiger partial charge on any atom is -0.496 e. The number of aliphatic hydroxyl groups excluding tert-OH is 4. The van der Waals surface area contributed by atoms with Gasteiger partial charge in [-0.15, -0.1) is 12.1 Å². The van der Waals surface area contributed by atoms with Crippen molar-refractivity contribution in [2.24, 2.45) is 58.2 Å². The monoisotopic (exact) mass is 2410 g/mol. The van der Waals surface area contributed by atoms with Crippen molar-refractivity contribution >= 4 is 173 Å². The molecule has 10 aromatic rings. The molecule has 6 saturated carbocycles. The molecule has 2 amide bonds. The summed E-state index contributed by atoms with van der Waals surface area (Å²) in [6, 6.07) is 80.5. The molecule has 0 spiro atoms. The molecular formula is C114H154BCl4FeIN6O17P2PdSi+2. The average molecular weight is 2410 g/mol. The van der Waals surface area contributed by atoms with Gasteiger partial charge in [0.15, 0.2) is 8.32 Å². The van der Waals surface area contributed by atoms with Gasteiger partial charge < -0.3 is 75.0 Å². The van der Waals surface area contributed by atoms with Crippen LogP contribution in [0, 0.1) is 61.7 Å². The van der Waals surface area contributed by atoms with Crippen LogP contribution in [0.5, 0.6) is 11.5 Å². The predicted octanol–water partition coefficient (Wildman–Crippen LogP) is 18.7. The van der Waals surface area contributed by atoms with Gasteiger partial charge in [0.05, 0.1) is 111 Å². The third-order valence-corrected chi connectivity index (χ3v) is 41.4. The van der Waals surface area contributed by atoms with Crippen LogP contribution in [0.25, 0.3) is 11.1 Å². The molecule has 23 nitrogen and oxygen atoms in total. The van der Waals surface area contributed by atoms with Crippen LogP contribution in [0.3, 0.4) is 0 Å². The predicted molar refractivity (Wildman–Crippen MR) is 613 cm³/mol. The standard InChI is InChI=1S/C41H63N3O8Si.C25H37IN2O5.2C17H14P.C11H16BNO4.CCl4.2CH4.Fe.Pd/c1-24-32-20-29(41(32,6)7)21-33(24)42-38(47)36-35(25(2)46)34(23-45)52-44(36)22-26-13-12-14-31(37(26)50-9)27-17-28(39(48)49)19-30(18-27)43(8)15-16-51-53(10,11)40(3,4)5;1-13-17-9-16(25(17,3)4)10-19(13)27-24(31)22-21(14(2)30)20(12-29)33-28(22)11-15-7-6-8-18(26)23(15)32-5;2*1-3-9-15(10-4-1)18(17-13-7-8-14-17)16-11-5-2-6-12-16;1-3-4-13(2)10-6-8(11(14)15)5-9(7-10)12(16)17;2-1(3,4)5;;;;/h12-14,17-19,24-25,29,32-36,45-46H,15-16,20-23H2,1-11H3,(H,42,47)(H,48,49);6-8,13-14,16-17,19-22,29-30H,9-12H2,1-5H3,(H,27,31);2*1-14H;5-7,16-17H,3-4H2,1-2H3,(H,14,15);;2*1H4;;/q;;2*-1;;;;;+2;/p+2/t24-,25-,29+,32-,33-,34-,35+,36-;13-,14-,16+,17-,19-,20-,21+,22-;;;;;;;;/m00......../s1. The Kier molecular flexibility index (Phi) is 50.0. The Morgan fingerprint density at radius 1 is 0.568 bits per heavy atom. The van der Waals surface area contributed by atoms with Crippen LogP contribution in [0.15, 0.2) is 243 Å². The van der Waals surface area contributed by atoms with Crippen molar-refractivity contribution in [2.45, 2.75) is 213 Å². The number of nitrogens with one attached hydrogen (secondary N) is 2. The van der Waals surface area contributed by atoms with Gasteiger partial charge in [-0.25, -0.2) is 21.7 Å². The number of aromatic carboxylic acids is 2. The van der Waals surface area contributed by atoms with Gasteiger partial charge in [0.2, 0.25) is 11.8 Å². The number of para-hydroxylation sites is 2. The number of amides is 2. The number of ether oxygens (including phenoxy) is 2. The Hall–Kier alpha value is -6.69. The molecule has 18 rings (SSSR count). The molecule has 2 heterocycles. The molecule has 2 aliphatic heterocycles. The zero-order valence-electron chi connectivity index (χ0n) is 86.5. The normalized spacial score (nSPS) is 22.1. The number of alkyl halides is 4. The molecule has 0 radical (unpaired) electrons. The molecule has 10 aromatic carbocycles. The maximum atomic E-state index is 14.2. The molecule has 16 atom stereocenters. The molecule has 4 bridgehead atoms. The number of carboxylic acids is 2. The summed E-state index contributed by atoms with van der Waals surface area (Å²) in [6.45, 7) is 31.8. The van der Waals surface area contributed by atoms with Crippen LogP contribution in [-0.2, 0) is 74.3 Å². The molecule has 810 valence electrons. The summed E-state index contributed by atoms with van der Waals surface area (Å²) in [5.74, 6) is 0.640. The van der Waals surface area contributed by atoms with E-state index in [9.17, 15) is 44.7 Å². The van der Waals surface area contributed by atoms with Crippen LogP contribution in [0.2, 0.25) is 18.1 Å². The summed E-state index contributed by atoms with van der Waals surface area (Å²) in [4.78, 5) is 67.3. The number of benzene rings is 8. The number of rotatable bonds is 32. The van der Waals surface area contributed by atoms with E-state index in [0.717, 1.165) is 46.4 Å². The van der Waals surface area contributed by atoms with Crippen molar-refractivity contribution in [1.29, 1.82) is 0 Å². The van der Waals surface area contributed by atoms with E-state index < -0.39 is 94.8 Å². The first kappa shape index (κ1) is 128. The van der Waals surface area contributed by atoms with Crippen molar-refractivity contribution in [1.82, 2.24) is 20.8 Å². The first-order valence-electron chi connectivity index (χ1n) is 49.5. The summed E-state index contributed by atoms with van der Waals surface area (Å²) in [7, 11) is 1.67. The Morgan fingerprint density at radius 3 is 1.28 bits per heavy atom. The minimum atomic E-state index is -1.95. The number of hydrogen-bond acceptors (Lipinski definition) is 19. The van der Waals surface area contributed by atoms with Crippen LogP contribution < -0.4 is 67.2 Å². The zero-order valence-corrected chi connectivity index (χ0v) is 97.3. The van der Waals surface area contributed by atoms with Gasteiger partial charge in [0.1, 0.15) is 35.8 Å². The fourth-order valence-electron chi connectivity index (χ4n) is 21.4. The van der Waals surface area contributed by atoms with Gasteiger partial charge in [-0.1, -0.05) is 234 Å². The molecule has 8 aliphatic rings. The third kappa shape index (κ3) is 32.5. The number of likely N-dealkylation sites (N-methyl/N-ethyl adjacent to an activating group) is 1. The fraction of sp³-hybridized carbons (Fsp3) is 0.456. The van der Waals surface area contributed by atoms with E-state index in [1.54, 1.807) is 56.4 Å². The van der Waals surface area contributed by atoms with Gasteiger partial charge in [-0.3, -0.25) is 19.3 Å². The molecule has 6 aliphatic carbocycles. The molecule has 34 heteroatoms. The van der Waals surface area contributed by atoms with Gasteiger partial charge in [0.25, 0.3) is 3.25 Å². The summed E-state index contributed by atoms with van der Waals surface area (Å²) >= 11 is 21.5. The maximum Gasteiger partial charge on any atom is 2.00 e. The van der Waals surface area contributed by atoms with Gasteiger partial charge >= 0.3 is 36.1 Å². The smallest absolute Gasteiger partial charge is 0.496 e. The van der Waals surface area contributed by atoms with Crippen LogP contribution in [0.4, 0.5) is 11.4 Å². The van der Waals surface area contributed by atoms with E-state index >= 15 is 0 Å². The number of halogens is 5. The summed E-state index contributed by atoms with van der Waals surface area (Å²) in [5, 5.41) is 97.6. The van der Waals surface area contributed by atoms with Crippen molar-refractivity contribution in [2.75, 3.05) is 71.0 Å². The second kappa shape index (κ2) is 57.7. The van der Waals surface area contributed by atoms with Crippen molar-refractivity contribution < 1.29 is 121 Å². The van der Waals surface area contributed by atoms with Crippen LogP contribution in [0.1, 0.15) is 162 Å². The van der Waals surface area contributed by atoms with E-state index in [4.69, 9.17) is 85.1 Å². The molecular weight excluding hydrogens is 2260 g/mol. The Labute approximate surface area is 939 Å². The summed E-state index contributed by atoms with van der Waals surface area (Å²) in [5.41, 5.74) is 5.32. The second-order valence-corrected chi connectivity index (χ2v) is 55.8. The molecule has 8 fully saturated rings. The fourth-order valence-corrected chi connectivity index (χ4v) is 28.3. The van der Waals surface area contributed by atoms with Crippen molar-refractivity contribution in [3.63, 3.8) is 0 Å². The maximum absolute atomic E-state index is 14.2. The number of carbonyl (C=O) groups excluding carboxylic acids is 2. The Bertz CT molecular complexity index is 5590. The number of nitrogens with zero attached hydrogens (tertiary/aromatic N) is 4. The van der Waals surface area contributed by atoms with E-state index in [2.05, 4.69) is 278 Å². The van der Waals surface area contributed by atoms with E-state index in [0.29, 0.717) is 88.7 Å². The topological polar surface area (TPSA) is 313 Å². The first-order chi connectivity index (χ1) is 68.2.